The molecular weight excluding hydrogens is 594 g/mol. The number of terminal acetylenes is 2. The number of allylic oxidation sites excluding steroid dienone is 2. The topological polar surface area (TPSA) is 83.6 Å². The molecule has 0 aliphatic heterocycles. The molecule has 0 aromatic carbocycles. The van der Waals surface area contributed by atoms with Gasteiger partial charge in [0, 0.05) is 22.8 Å². The van der Waals surface area contributed by atoms with Crippen LogP contribution in [0.25, 0.3) is 6.08 Å². The number of nitrogens with zero attached hydrogens (tertiary/aromatic N) is 1. The summed E-state index contributed by atoms with van der Waals surface area (Å²) in [6.07, 6.45) is 33.0. The lowest BCUT2D eigenvalue weighted by Gasteiger charge is -2.58. The smallest absolute Gasteiger partial charge is 0.162 e. The number of fused-ring (bicyclic) bond motifs is 11. The molecular formula is C43H55NO4. The molecule has 8 aliphatic carbocycles. The lowest BCUT2D eigenvalue weighted by atomic mass is 9.46. The Hall–Kier alpha value is -2.60. The minimum absolute atomic E-state index is 0.114. The van der Waals surface area contributed by atoms with E-state index in [2.05, 4.69) is 50.8 Å². The van der Waals surface area contributed by atoms with Gasteiger partial charge in [-0.25, -0.2) is 0 Å². The zero-order valence-electron chi connectivity index (χ0n) is 29.6. The van der Waals surface area contributed by atoms with Gasteiger partial charge in [-0.1, -0.05) is 55.8 Å². The van der Waals surface area contributed by atoms with Crippen molar-refractivity contribution in [3.05, 3.63) is 34.7 Å². The van der Waals surface area contributed by atoms with Crippen LogP contribution in [0.5, 0.6) is 0 Å². The predicted octanol–water partition coefficient (Wildman–Crippen LogP) is 8.10. The highest BCUT2D eigenvalue weighted by Gasteiger charge is 2.65. The third kappa shape index (κ3) is 4.19. The van der Waals surface area contributed by atoms with Crippen molar-refractivity contribution in [1.29, 1.82) is 0 Å². The van der Waals surface area contributed by atoms with Crippen LogP contribution in [-0.2, 0) is 11.2 Å². The van der Waals surface area contributed by atoms with Crippen molar-refractivity contribution in [3.63, 3.8) is 0 Å². The van der Waals surface area contributed by atoms with E-state index in [0.29, 0.717) is 47.7 Å². The molecule has 0 spiro atoms. The summed E-state index contributed by atoms with van der Waals surface area (Å²) in [6, 6.07) is 0. The third-order valence-corrected chi connectivity index (χ3v) is 17.0. The molecule has 1 aromatic heterocycles. The number of hydrogen-bond acceptors (Lipinski definition) is 5. The van der Waals surface area contributed by atoms with Gasteiger partial charge < -0.3 is 14.7 Å². The first-order valence-corrected chi connectivity index (χ1v) is 19.0. The molecule has 6 fully saturated rings. The predicted molar refractivity (Wildman–Crippen MR) is 187 cm³/mol. The van der Waals surface area contributed by atoms with Gasteiger partial charge in [-0.2, -0.15) is 0 Å². The Bertz CT molecular complexity index is 1670. The quantitative estimate of drug-likeness (QED) is 0.278. The maximum atomic E-state index is 11.8. The Balaban J connectivity index is 0.000000141. The SMILES string of the molecule is C#C[C@]1(O)CC[C@H]2[C@@H]3CCC4=CC(=O)CC[C@]4(C)[C@H]3CC[C@@]21C.C#C[C@]1(O)CC[C@H]2[C@@H]3CCC4=Cc5oncc5C[C@]4(C)[C@H]3CC[C@@]21C. The van der Waals surface area contributed by atoms with E-state index in [0.717, 1.165) is 82.8 Å². The van der Waals surface area contributed by atoms with Gasteiger partial charge in [0.25, 0.3) is 0 Å². The summed E-state index contributed by atoms with van der Waals surface area (Å²) in [5.41, 5.74) is 2.56. The highest BCUT2D eigenvalue weighted by Crippen LogP contribution is 2.69. The van der Waals surface area contributed by atoms with E-state index < -0.39 is 11.2 Å². The van der Waals surface area contributed by atoms with E-state index in [1.807, 2.05) is 12.3 Å². The van der Waals surface area contributed by atoms with Crippen molar-refractivity contribution in [2.45, 2.75) is 135 Å². The molecule has 6 saturated carbocycles. The molecule has 12 atom stereocenters. The Morgan fingerprint density at radius 3 is 1.79 bits per heavy atom. The number of aliphatic hydroxyl groups is 2. The summed E-state index contributed by atoms with van der Waals surface area (Å²) in [7, 11) is 0. The number of hydrogen-bond donors (Lipinski definition) is 2. The minimum Gasteiger partial charge on any atom is -0.377 e. The molecule has 0 amide bonds. The summed E-state index contributed by atoms with van der Waals surface area (Å²) in [5.74, 6) is 10.6. The second-order valence-electron chi connectivity index (χ2n) is 18.4. The van der Waals surface area contributed by atoms with Crippen LogP contribution in [0.15, 0.2) is 27.9 Å². The molecule has 8 aliphatic rings. The van der Waals surface area contributed by atoms with Crippen molar-refractivity contribution < 1.29 is 19.5 Å². The van der Waals surface area contributed by atoms with E-state index in [4.69, 9.17) is 17.4 Å². The van der Waals surface area contributed by atoms with E-state index in [1.165, 1.54) is 24.0 Å². The maximum Gasteiger partial charge on any atom is 0.162 e. The zero-order chi connectivity index (χ0) is 33.9. The van der Waals surface area contributed by atoms with Crippen molar-refractivity contribution in [1.82, 2.24) is 5.16 Å². The number of rotatable bonds is 0. The Labute approximate surface area is 287 Å². The second kappa shape index (κ2) is 10.7. The van der Waals surface area contributed by atoms with Gasteiger partial charge in [-0.15, -0.1) is 12.8 Å². The first kappa shape index (κ1) is 32.6. The van der Waals surface area contributed by atoms with Gasteiger partial charge in [0.15, 0.2) is 11.5 Å². The lowest BCUT2D eigenvalue weighted by molar-refractivity contribution is -0.119. The van der Waals surface area contributed by atoms with Crippen molar-refractivity contribution in [3.8, 4) is 24.7 Å². The fourth-order valence-corrected chi connectivity index (χ4v) is 13.9. The monoisotopic (exact) mass is 649 g/mol. The average Bonchev–Trinajstić information content (AvgIpc) is 3.72. The van der Waals surface area contributed by atoms with E-state index >= 15 is 0 Å². The lowest BCUT2D eigenvalue weighted by Crippen LogP contribution is -2.54. The van der Waals surface area contributed by atoms with Crippen LogP contribution >= 0.6 is 0 Å². The summed E-state index contributed by atoms with van der Waals surface area (Å²) in [6.45, 7) is 9.34. The molecule has 48 heavy (non-hydrogen) atoms. The molecule has 9 rings (SSSR count). The first-order valence-electron chi connectivity index (χ1n) is 19.0. The molecule has 1 aromatic rings. The van der Waals surface area contributed by atoms with Gasteiger partial charge in [0.2, 0.25) is 0 Å². The largest absolute Gasteiger partial charge is 0.377 e. The van der Waals surface area contributed by atoms with Crippen molar-refractivity contribution in [2.75, 3.05) is 0 Å². The summed E-state index contributed by atoms with van der Waals surface area (Å²) in [5, 5.41) is 26.1. The number of ketones is 1. The Kier molecular flexibility index (Phi) is 7.27. The van der Waals surface area contributed by atoms with Crippen molar-refractivity contribution >= 4 is 11.9 Å². The van der Waals surface area contributed by atoms with Crippen LogP contribution < -0.4 is 0 Å². The molecule has 0 saturated heterocycles. The fraction of sp³-hybridized carbons (Fsp3) is 0.721. The molecule has 2 N–H and O–H groups in total. The molecule has 5 heteroatoms. The minimum atomic E-state index is -0.914. The molecule has 256 valence electrons. The molecule has 0 radical (unpaired) electrons. The highest BCUT2D eigenvalue weighted by molar-refractivity contribution is 5.91. The number of aromatic nitrogens is 1. The van der Waals surface area contributed by atoms with Gasteiger partial charge in [0.05, 0.1) is 6.20 Å². The molecule has 5 nitrogen and oxygen atoms in total. The number of carbonyl (C=O) groups is 1. The van der Waals surface area contributed by atoms with Crippen LogP contribution in [0.3, 0.4) is 0 Å². The standard InChI is InChI=1S/C22H27NO2.C21H28O2/c1-4-22(24)10-8-18-16-6-5-15-11-19-14(13-23-25-19)12-20(15,2)17(16)7-9-21(18,22)3;1-4-21(23)12-9-18-16-6-5-14-13-15(22)7-10-19(14,2)17(16)8-11-20(18,21)3/h1,11,13,16-18,24H,5-10,12H2,2-3H3;1,13,16-18,23H,5-12H2,2-3H3/t16-,17+,18+,20+,21+,22+;16-,17+,18+,19+,20+,21+/m11/s1. The summed E-state index contributed by atoms with van der Waals surface area (Å²) >= 11 is 0. The Morgan fingerprint density at radius 2 is 1.23 bits per heavy atom. The van der Waals surface area contributed by atoms with Crippen LogP contribution in [0.4, 0.5) is 0 Å². The Morgan fingerprint density at radius 1 is 0.708 bits per heavy atom. The van der Waals surface area contributed by atoms with E-state index in [-0.39, 0.29) is 21.7 Å². The summed E-state index contributed by atoms with van der Waals surface area (Å²) < 4.78 is 5.43. The van der Waals surface area contributed by atoms with Crippen LogP contribution in [0.1, 0.15) is 129 Å². The fourth-order valence-electron chi connectivity index (χ4n) is 13.9. The summed E-state index contributed by atoms with van der Waals surface area (Å²) in [4.78, 5) is 11.8. The van der Waals surface area contributed by atoms with Crippen LogP contribution in [0.2, 0.25) is 0 Å². The van der Waals surface area contributed by atoms with Crippen LogP contribution in [-0.4, -0.2) is 32.4 Å². The number of carbonyl (C=O) groups excluding carboxylic acids is 1. The van der Waals surface area contributed by atoms with Crippen LogP contribution in [0, 0.1) is 81.9 Å². The van der Waals surface area contributed by atoms with Gasteiger partial charge >= 0.3 is 0 Å². The average molecular weight is 650 g/mol. The first-order chi connectivity index (χ1) is 22.8. The molecule has 1 heterocycles. The second-order valence-corrected chi connectivity index (χ2v) is 18.4. The van der Waals surface area contributed by atoms with Gasteiger partial charge in [0.1, 0.15) is 11.2 Å². The van der Waals surface area contributed by atoms with Crippen molar-refractivity contribution in [2.24, 2.45) is 57.2 Å². The maximum absolute atomic E-state index is 11.8. The zero-order valence-corrected chi connectivity index (χ0v) is 29.6. The van der Waals surface area contributed by atoms with Gasteiger partial charge in [-0.3, -0.25) is 4.79 Å². The molecule has 0 bridgehead atoms. The highest BCUT2D eigenvalue weighted by atomic mass is 16.5. The van der Waals surface area contributed by atoms with E-state index in [9.17, 15) is 15.0 Å². The van der Waals surface area contributed by atoms with E-state index in [1.54, 1.807) is 5.57 Å². The van der Waals surface area contributed by atoms with Gasteiger partial charge in [-0.05, 0) is 148 Å². The normalized spacial score (nSPS) is 49.8. The third-order valence-electron chi connectivity index (χ3n) is 17.0. The molecule has 0 unspecified atom stereocenters.